The molecule has 0 radical (unpaired) electrons. The van der Waals surface area contributed by atoms with E-state index in [1.54, 1.807) is 10.9 Å². The minimum Gasteiger partial charge on any atom is -0.345 e. The van der Waals surface area contributed by atoms with Crippen LogP contribution in [0, 0.1) is 6.92 Å². The predicted molar refractivity (Wildman–Crippen MR) is 128 cm³/mol. The Balaban J connectivity index is 1.41. The molecule has 1 atom stereocenters. The number of aromatic amines is 2. The molecule has 1 aromatic carbocycles. The highest BCUT2D eigenvalue weighted by Gasteiger charge is 2.29. The van der Waals surface area contributed by atoms with Gasteiger partial charge in [-0.05, 0) is 62.6 Å². The Morgan fingerprint density at radius 1 is 1.15 bits per heavy atom. The van der Waals surface area contributed by atoms with Gasteiger partial charge in [-0.2, -0.15) is 9.78 Å². The zero-order chi connectivity index (χ0) is 23.4. The summed E-state index contributed by atoms with van der Waals surface area (Å²) in [5, 5.41) is 8.52. The molecule has 1 aliphatic carbocycles. The number of nitrogens with zero attached hydrogens (tertiary/aromatic N) is 4. The van der Waals surface area contributed by atoms with Crippen LogP contribution in [0.4, 0.5) is 0 Å². The van der Waals surface area contributed by atoms with Crippen molar-refractivity contribution in [3.05, 3.63) is 81.7 Å². The fourth-order valence-electron chi connectivity index (χ4n) is 4.39. The molecule has 0 spiro atoms. The average molecular weight is 454 g/mol. The largest absolute Gasteiger partial charge is 0.345 e. The van der Waals surface area contributed by atoms with E-state index in [1.165, 1.54) is 0 Å². The molecule has 1 saturated carbocycles. The first kappa shape index (κ1) is 20.3. The SMILES string of the molecule is Cc1nn(-c2ccccn2)c2nc(C3CC3)cc(C(=O)NC(C)c3ccc4[nH]c(=O)[nH]c4c3)c12. The number of pyridine rings is 2. The maximum atomic E-state index is 13.5. The lowest BCUT2D eigenvalue weighted by atomic mass is 10.0. The molecule has 1 aliphatic rings. The number of aryl methyl sites for hydroxylation is 1. The molecular formula is C25H23N7O2. The van der Waals surface area contributed by atoms with Crippen molar-refractivity contribution < 1.29 is 4.79 Å². The van der Waals surface area contributed by atoms with Crippen LogP contribution in [-0.2, 0) is 0 Å². The molecule has 1 unspecified atom stereocenters. The molecule has 170 valence electrons. The highest BCUT2D eigenvalue weighted by atomic mass is 16.2. The van der Waals surface area contributed by atoms with Crippen molar-refractivity contribution in [1.82, 2.24) is 35.0 Å². The summed E-state index contributed by atoms with van der Waals surface area (Å²) < 4.78 is 1.72. The summed E-state index contributed by atoms with van der Waals surface area (Å²) in [6.07, 6.45) is 3.86. The zero-order valence-corrected chi connectivity index (χ0v) is 18.8. The second-order valence-electron chi connectivity index (χ2n) is 8.83. The van der Waals surface area contributed by atoms with Gasteiger partial charge in [-0.15, -0.1) is 0 Å². The Labute approximate surface area is 194 Å². The van der Waals surface area contributed by atoms with E-state index < -0.39 is 0 Å². The lowest BCUT2D eigenvalue weighted by molar-refractivity contribution is 0.0941. The minimum atomic E-state index is -0.269. The second-order valence-corrected chi connectivity index (χ2v) is 8.83. The average Bonchev–Trinajstić information content (AvgIpc) is 3.54. The lowest BCUT2D eigenvalue weighted by Gasteiger charge is -2.16. The first-order chi connectivity index (χ1) is 16.5. The van der Waals surface area contributed by atoms with E-state index in [4.69, 9.17) is 4.98 Å². The van der Waals surface area contributed by atoms with Crippen LogP contribution in [0.5, 0.6) is 0 Å². The smallest absolute Gasteiger partial charge is 0.323 e. The van der Waals surface area contributed by atoms with Gasteiger partial charge >= 0.3 is 5.69 Å². The number of H-pyrrole nitrogens is 2. The van der Waals surface area contributed by atoms with Crippen molar-refractivity contribution in [1.29, 1.82) is 0 Å². The van der Waals surface area contributed by atoms with E-state index >= 15 is 0 Å². The van der Waals surface area contributed by atoms with E-state index in [9.17, 15) is 9.59 Å². The third kappa shape index (κ3) is 3.45. The first-order valence-corrected chi connectivity index (χ1v) is 11.3. The number of fused-ring (bicyclic) bond motifs is 2. The topological polar surface area (TPSA) is 121 Å². The molecule has 4 heterocycles. The molecular weight excluding hydrogens is 430 g/mol. The van der Waals surface area contributed by atoms with Gasteiger partial charge in [0, 0.05) is 17.8 Å². The van der Waals surface area contributed by atoms with Crippen molar-refractivity contribution in [3.63, 3.8) is 0 Å². The highest BCUT2D eigenvalue weighted by molar-refractivity contribution is 6.07. The van der Waals surface area contributed by atoms with Gasteiger partial charge in [-0.3, -0.25) is 4.79 Å². The molecule has 1 fully saturated rings. The van der Waals surface area contributed by atoms with Gasteiger partial charge in [-0.25, -0.2) is 14.8 Å². The summed E-state index contributed by atoms with van der Waals surface area (Å²) in [6.45, 7) is 3.81. The summed E-state index contributed by atoms with van der Waals surface area (Å²) >= 11 is 0. The minimum absolute atomic E-state index is 0.187. The van der Waals surface area contributed by atoms with Gasteiger partial charge in [0.15, 0.2) is 11.5 Å². The number of nitrogens with one attached hydrogen (secondary N) is 3. The summed E-state index contributed by atoms with van der Waals surface area (Å²) in [7, 11) is 0. The fourth-order valence-corrected chi connectivity index (χ4v) is 4.39. The number of aromatic nitrogens is 6. The number of hydrogen-bond acceptors (Lipinski definition) is 5. The molecule has 5 aromatic rings. The molecule has 9 heteroatoms. The molecule has 9 nitrogen and oxygen atoms in total. The van der Waals surface area contributed by atoms with Crippen LogP contribution < -0.4 is 11.0 Å². The van der Waals surface area contributed by atoms with Crippen LogP contribution in [0.3, 0.4) is 0 Å². The molecule has 0 saturated heterocycles. The predicted octanol–water partition coefficient (Wildman–Crippen LogP) is 3.66. The number of rotatable bonds is 5. The van der Waals surface area contributed by atoms with Gasteiger partial charge in [-0.1, -0.05) is 12.1 Å². The number of carbonyl (C=O) groups excluding carboxylic acids is 1. The van der Waals surface area contributed by atoms with E-state index in [2.05, 4.69) is 25.4 Å². The fraction of sp³-hybridized carbons (Fsp3) is 0.240. The van der Waals surface area contributed by atoms with Gasteiger partial charge in [0.05, 0.1) is 33.7 Å². The Bertz CT molecular complexity index is 1610. The normalized spacial score (nSPS) is 14.5. The second kappa shape index (κ2) is 7.65. The van der Waals surface area contributed by atoms with E-state index in [1.807, 2.05) is 56.3 Å². The van der Waals surface area contributed by atoms with Crippen molar-refractivity contribution in [2.75, 3.05) is 0 Å². The zero-order valence-electron chi connectivity index (χ0n) is 18.8. The molecule has 0 aliphatic heterocycles. The Morgan fingerprint density at radius 2 is 1.97 bits per heavy atom. The van der Waals surface area contributed by atoms with Gasteiger partial charge in [0.2, 0.25) is 0 Å². The Kier molecular flexibility index (Phi) is 4.58. The standard InChI is InChI=1S/C25H23N7O2/c1-13(16-8-9-18-20(11-16)30-25(34)29-18)27-24(33)17-12-19(15-6-7-15)28-23-22(17)14(2)31-32(23)21-5-3-4-10-26-21/h3-5,8-13,15H,6-7H2,1-2H3,(H,27,33)(H2,29,30,34). The number of carbonyl (C=O) groups is 1. The maximum Gasteiger partial charge on any atom is 0.323 e. The number of amides is 1. The molecule has 0 bridgehead atoms. The highest BCUT2D eigenvalue weighted by Crippen LogP contribution is 2.40. The number of hydrogen-bond donors (Lipinski definition) is 3. The summed E-state index contributed by atoms with van der Waals surface area (Å²) in [4.78, 5) is 40.0. The van der Waals surface area contributed by atoms with Gasteiger partial charge < -0.3 is 15.3 Å². The quantitative estimate of drug-likeness (QED) is 0.375. The summed E-state index contributed by atoms with van der Waals surface area (Å²) in [6, 6.07) is 12.9. The van der Waals surface area contributed by atoms with E-state index in [0.717, 1.165) is 40.7 Å². The monoisotopic (exact) mass is 453 g/mol. The van der Waals surface area contributed by atoms with Crippen LogP contribution >= 0.6 is 0 Å². The van der Waals surface area contributed by atoms with Gasteiger partial charge in [0.1, 0.15) is 0 Å². The van der Waals surface area contributed by atoms with Crippen LogP contribution in [0.1, 0.15) is 59.0 Å². The maximum absolute atomic E-state index is 13.5. The molecule has 1 amide bonds. The number of imidazole rings is 1. The van der Waals surface area contributed by atoms with Crippen LogP contribution in [0.2, 0.25) is 0 Å². The molecule has 6 rings (SSSR count). The molecule has 4 aromatic heterocycles. The van der Waals surface area contributed by atoms with Crippen molar-refractivity contribution in [2.24, 2.45) is 0 Å². The third-order valence-electron chi connectivity index (χ3n) is 6.33. The van der Waals surface area contributed by atoms with E-state index in [0.29, 0.717) is 28.5 Å². The van der Waals surface area contributed by atoms with Crippen molar-refractivity contribution >= 4 is 28.0 Å². The number of benzene rings is 1. The Morgan fingerprint density at radius 3 is 2.74 bits per heavy atom. The third-order valence-corrected chi connectivity index (χ3v) is 6.33. The summed E-state index contributed by atoms with van der Waals surface area (Å²) in [5.74, 6) is 0.844. The lowest BCUT2D eigenvalue weighted by Crippen LogP contribution is -2.27. The Hall–Kier alpha value is -4.27. The van der Waals surface area contributed by atoms with Gasteiger partial charge in [0.25, 0.3) is 5.91 Å². The van der Waals surface area contributed by atoms with Crippen LogP contribution in [-0.4, -0.2) is 35.6 Å². The summed E-state index contributed by atoms with van der Waals surface area (Å²) in [5.41, 5.74) is 4.92. The van der Waals surface area contributed by atoms with Crippen LogP contribution in [0.25, 0.3) is 27.9 Å². The van der Waals surface area contributed by atoms with Crippen molar-refractivity contribution in [2.45, 2.75) is 38.6 Å². The first-order valence-electron chi connectivity index (χ1n) is 11.3. The van der Waals surface area contributed by atoms with Crippen LogP contribution in [0.15, 0.2) is 53.5 Å². The molecule has 34 heavy (non-hydrogen) atoms. The van der Waals surface area contributed by atoms with Crippen molar-refractivity contribution in [3.8, 4) is 5.82 Å². The van der Waals surface area contributed by atoms with E-state index in [-0.39, 0.29) is 17.6 Å². The molecule has 3 N–H and O–H groups in total.